The van der Waals surface area contributed by atoms with E-state index in [1.807, 2.05) is 24.3 Å². The van der Waals surface area contributed by atoms with Gasteiger partial charge in [-0.2, -0.15) is 0 Å². The zero-order valence-corrected chi connectivity index (χ0v) is 11.7. The summed E-state index contributed by atoms with van der Waals surface area (Å²) in [6.07, 6.45) is 2.49. The predicted octanol–water partition coefficient (Wildman–Crippen LogP) is 4.52. The minimum absolute atomic E-state index is 0.0658. The van der Waals surface area contributed by atoms with Crippen LogP contribution in [-0.4, -0.2) is 6.04 Å². The van der Waals surface area contributed by atoms with E-state index in [0.29, 0.717) is 11.8 Å². The molecule has 20 heavy (non-hydrogen) atoms. The van der Waals surface area contributed by atoms with Gasteiger partial charge in [-0.05, 0) is 31.0 Å². The Morgan fingerprint density at radius 1 is 1.20 bits per heavy atom. The van der Waals surface area contributed by atoms with E-state index in [2.05, 4.69) is 5.32 Å². The highest BCUT2D eigenvalue weighted by Gasteiger charge is 2.20. The van der Waals surface area contributed by atoms with Gasteiger partial charge in [-0.15, -0.1) is 0 Å². The largest absolute Gasteiger partial charge is 0.457 e. The Hall–Kier alpha value is -1.58. The van der Waals surface area contributed by atoms with Gasteiger partial charge in [0.2, 0.25) is 0 Å². The van der Waals surface area contributed by atoms with E-state index in [1.165, 1.54) is 25.0 Å². The summed E-state index contributed by atoms with van der Waals surface area (Å²) in [7, 11) is 0. The van der Waals surface area contributed by atoms with Gasteiger partial charge in [0.1, 0.15) is 17.3 Å². The molecule has 0 aromatic heterocycles. The van der Waals surface area contributed by atoms with Crippen molar-refractivity contribution in [2.45, 2.75) is 25.4 Å². The SMILES string of the molecule is Fc1ccc(Oc2ccccc2CNC2CC2)cc1Cl. The van der Waals surface area contributed by atoms with Crippen LogP contribution in [0.5, 0.6) is 11.5 Å². The molecule has 4 heteroatoms. The molecule has 1 fully saturated rings. The van der Waals surface area contributed by atoms with Crippen molar-refractivity contribution in [1.82, 2.24) is 5.32 Å². The molecular formula is C16H15ClFNO. The lowest BCUT2D eigenvalue weighted by atomic mass is 10.2. The monoisotopic (exact) mass is 291 g/mol. The van der Waals surface area contributed by atoms with Gasteiger partial charge in [0.25, 0.3) is 0 Å². The van der Waals surface area contributed by atoms with Gasteiger partial charge in [-0.3, -0.25) is 0 Å². The molecule has 0 saturated heterocycles. The summed E-state index contributed by atoms with van der Waals surface area (Å²) >= 11 is 5.76. The Labute approximate surface area is 122 Å². The van der Waals surface area contributed by atoms with Crippen LogP contribution in [0, 0.1) is 5.82 Å². The Kier molecular flexibility index (Phi) is 3.90. The zero-order chi connectivity index (χ0) is 13.9. The van der Waals surface area contributed by atoms with Crippen molar-refractivity contribution in [3.8, 4) is 11.5 Å². The summed E-state index contributed by atoms with van der Waals surface area (Å²) in [5.41, 5.74) is 1.08. The van der Waals surface area contributed by atoms with E-state index in [4.69, 9.17) is 16.3 Å². The molecule has 0 heterocycles. The first-order chi connectivity index (χ1) is 9.72. The van der Waals surface area contributed by atoms with Crippen molar-refractivity contribution in [2.24, 2.45) is 0 Å². The second-order valence-electron chi connectivity index (χ2n) is 4.94. The first kappa shape index (κ1) is 13.4. The summed E-state index contributed by atoms with van der Waals surface area (Å²) in [5.74, 6) is 0.862. The molecule has 1 aliphatic carbocycles. The molecule has 1 saturated carbocycles. The van der Waals surface area contributed by atoms with Crippen LogP contribution < -0.4 is 10.1 Å². The van der Waals surface area contributed by atoms with Crippen molar-refractivity contribution < 1.29 is 9.13 Å². The van der Waals surface area contributed by atoms with Gasteiger partial charge in [0.05, 0.1) is 5.02 Å². The highest BCUT2D eigenvalue weighted by Crippen LogP contribution is 2.29. The summed E-state index contributed by atoms with van der Waals surface area (Å²) in [5, 5.41) is 3.52. The Bertz CT molecular complexity index is 613. The summed E-state index contributed by atoms with van der Waals surface area (Å²) < 4.78 is 18.9. The van der Waals surface area contributed by atoms with Gasteiger partial charge in [-0.25, -0.2) is 4.39 Å². The van der Waals surface area contributed by atoms with Gasteiger partial charge < -0.3 is 10.1 Å². The highest BCUT2D eigenvalue weighted by atomic mass is 35.5. The maximum atomic E-state index is 13.1. The first-order valence-corrected chi connectivity index (χ1v) is 7.04. The second-order valence-corrected chi connectivity index (χ2v) is 5.35. The summed E-state index contributed by atoms with van der Waals surface area (Å²) in [4.78, 5) is 0. The molecule has 0 unspecified atom stereocenters. The van der Waals surface area contributed by atoms with Crippen LogP contribution in [0.2, 0.25) is 5.02 Å². The van der Waals surface area contributed by atoms with Crippen LogP contribution in [0.3, 0.4) is 0 Å². The predicted molar refractivity (Wildman–Crippen MR) is 77.8 cm³/mol. The Morgan fingerprint density at radius 2 is 2.00 bits per heavy atom. The lowest BCUT2D eigenvalue weighted by Crippen LogP contribution is -2.15. The molecule has 1 aliphatic rings. The number of nitrogens with one attached hydrogen (secondary N) is 1. The Morgan fingerprint density at radius 3 is 2.75 bits per heavy atom. The Balaban J connectivity index is 1.76. The van der Waals surface area contributed by atoms with Crippen LogP contribution >= 0.6 is 11.6 Å². The molecule has 2 nitrogen and oxygen atoms in total. The third-order valence-corrected chi connectivity index (χ3v) is 3.54. The molecule has 2 aromatic rings. The van der Waals surface area contributed by atoms with E-state index in [0.717, 1.165) is 17.9 Å². The third kappa shape index (κ3) is 3.30. The molecule has 0 amide bonds. The molecular weight excluding hydrogens is 277 g/mol. The number of ether oxygens (including phenoxy) is 1. The van der Waals surface area contributed by atoms with E-state index >= 15 is 0 Å². The molecule has 2 aromatic carbocycles. The van der Waals surface area contributed by atoms with Crippen LogP contribution in [-0.2, 0) is 6.54 Å². The highest BCUT2D eigenvalue weighted by molar-refractivity contribution is 6.30. The van der Waals surface area contributed by atoms with Crippen molar-refractivity contribution in [3.05, 3.63) is 58.9 Å². The topological polar surface area (TPSA) is 21.3 Å². The minimum atomic E-state index is -0.442. The van der Waals surface area contributed by atoms with Crippen molar-refractivity contribution in [1.29, 1.82) is 0 Å². The molecule has 0 spiro atoms. The van der Waals surface area contributed by atoms with Gasteiger partial charge in [-0.1, -0.05) is 29.8 Å². The smallest absolute Gasteiger partial charge is 0.142 e. The molecule has 0 atom stereocenters. The van der Waals surface area contributed by atoms with E-state index < -0.39 is 5.82 Å². The normalized spacial score (nSPS) is 14.3. The number of hydrogen-bond donors (Lipinski definition) is 1. The lowest BCUT2D eigenvalue weighted by molar-refractivity contribution is 0.471. The first-order valence-electron chi connectivity index (χ1n) is 6.66. The number of hydrogen-bond acceptors (Lipinski definition) is 2. The number of para-hydroxylation sites is 1. The summed E-state index contributed by atoms with van der Waals surface area (Å²) in [6.45, 7) is 0.774. The number of benzene rings is 2. The molecule has 104 valence electrons. The average Bonchev–Trinajstić information content (AvgIpc) is 3.26. The van der Waals surface area contributed by atoms with Gasteiger partial charge >= 0.3 is 0 Å². The maximum absolute atomic E-state index is 13.1. The minimum Gasteiger partial charge on any atom is -0.457 e. The average molecular weight is 292 g/mol. The maximum Gasteiger partial charge on any atom is 0.142 e. The summed E-state index contributed by atoms with van der Waals surface area (Å²) in [6, 6.07) is 12.8. The molecule has 0 radical (unpaired) electrons. The number of rotatable bonds is 5. The van der Waals surface area contributed by atoms with Crippen LogP contribution in [0.25, 0.3) is 0 Å². The van der Waals surface area contributed by atoms with Crippen molar-refractivity contribution in [2.75, 3.05) is 0 Å². The number of halogens is 2. The van der Waals surface area contributed by atoms with Crippen LogP contribution in [0.15, 0.2) is 42.5 Å². The third-order valence-electron chi connectivity index (χ3n) is 3.25. The molecule has 0 aliphatic heterocycles. The standard InChI is InChI=1S/C16H15ClFNO/c17-14-9-13(7-8-15(14)18)20-16-4-2-1-3-11(16)10-19-12-5-6-12/h1-4,7-9,12,19H,5-6,10H2. The fourth-order valence-corrected chi connectivity index (χ4v) is 2.13. The van der Waals surface area contributed by atoms with E-state index in [1.54, 1.807) is 6.07 Å². The van der Waals surface area contributed by atoms with Crippen LogP contribution in [0.4, 0.5) is 4.39 Å². The fourth-order valence-electron chi connectivity index (χ4n) is 1.96. The van der Waals surface area contributed by atoms with E-state index in [9.17, 15) is 4.39 Å². The van der Waals surface area contributed by atoms with Gasteiger partial charge in [0.15, 0.2) is 0 Å². The molecule has 1 N–H and O–H groups in total. The van der Waals surface area contributed by atoms with Crippen molar-refractivity contribution >= 4 is 11.6 Å². The van der Waals surface area contributed by atoms with E-state index in [-0.39, 0.29) is 5.02 Å². The van der Waals surface area contributed by atoms with Crippen LogP contribution in [0.1, 0.15) is 18.4 Å². The van der Waals surface area contributed by atoms with Crippen molar-refractivity contribution in [3.63, 3.8) is 0 Å². The lowest BCUT2D eigenvalue weighted by Gasteiger charge is -2.12. The molecule has 0 bridgehead atoms. The van der Waals surface area contributed by atoms with Gasteiger partial charge in [0, 0.05) is 24.2 Å². The fraction of sp³-hybridized carbons (Fsp3) is 0.250. The zero-order valence-electron chi connectivity index (χ0n) is 10.9. The molecule has 3 rings (SSSR count). The quantitative estimate of drug-likeness (QED) is 0.874. The second kappa shape index (κ2) is 5.81.